The van der Waals surface area contributed by atoms with Crippen LogP contribution in [0.4, 0.5) is 0 Å². The zero-order valence-corrected chi connectivity index (χ0v) is 10.7. The van der Waals surface area contributed by atoms with E-state index in [1.54, 1.807) is 0 Å². The molecule has 0 aliphatic carbocycles. The Bertz CT molecular complexity index is 376. The molecular formula is C14H21NO2. The largest absolute Gasteiger partial charge is 0.481 e. The normalized spacial score (nSPS) is 13.4. The van der Waals surface area contributed by atoms with E-state index in [2.05, 4.69) is 20.8 Å². The first-order valence-corrected chi connectivity index (χ1v) is 5.85. The van der Waals surface area contributed by atoms with Gasteiger partial charge in [0.25, 0.3) is 0 Å². The zero-order valence-electron chi connectivity index (χ0n) is 10.7. The molecule has 17 heavy (non-hydrogen) atoms. The molecule has 1 atom stereocenters. The second kappa shape index (κ2) is 5.32. The quantitative estimate of drug-likeness (QED) is 0.842. The third-order valence-electron chi connectivity index (χ3n) is 2.65. The lowest BCUT2D eigenvalue weighted by atomic mass is 9.87. The van der Waals surface area contributed by atoms with E-state index >= 15 is 0 Å². The van der Waals surface area contributed by atoms with Crippen molar-refractivity contribution in [3.05, 3.63) is 35.4 Å². The molecule has 3 nitrogen and oxygen atoms in total. The van der Waals surface area contributed by atoms with Crippen molar-refractivity contribution < 1.29 is 9.90 Å². The van der Waals surface area contributed by atoms with Gasteiger partial charge in [0.1, 0.15) is 0 Å². The first kappa shape index (κ1) is 13.7. The van der Waals surface area contributed by atoms with E-state index in [4.69, 9.17) is 10.8 Å². The Balaban J connectivity index is 2.84. The van der Waals surface area contributed by atoms with Gasteiger partial charge < -0.3 is 10.8 Å². The van der Waals surface area contributed by atoms with Gasteiger partial charge in [0.2, 0.25) is 0 Å². The van der Waals surface area contributed by atoms with Crippen molar-refractivity contribution in [2.24, 2.45) is 11.1 Å². The molecule has 0 aliphatic rings. The maximum atomic E-state index is 11.0. The molecule has 0 heterocycles. The van der Waals surface area contributed by atoms with Crippen LogP contribution in [0.1, 0.15) is 37.8 Å². The first-order valence-electron chi connectivity index (χ1n) is 5.85. The molecule has 0 aromatic heterocycles. The third-order valence-corrected chi connectivity index (χ3v) is 2.65. The molecule has 0 bridgehead atoms. The molecular weight excluding hydrogens is 214 g/mol. The molecule has 0 aliphatic heterocycles. The predicted octanol–water partition coefficient (Wildman–Crippen LogP) is 2.40. The summed E-state index contributed by atoms with van der Waals surface area (Å²) in [5, 5.41) is 9.00. The number of rotatable bonds is 4. The molecule has 0 amide bonds. The van der Waals surface area contributed by atoms with Crippen LogP contribution in [0, 0.1) is 5.41 Å². The van der Waals surface area contributed by atoms with Crippen LogP contribution < -0.4 is 5.73 Å². The molecule has 3 N–H and O–H groups in total. The highest BCUT2D eigenvalue weighted by atomic mass is 16.4. The van der Waals surface area contributed by atoms with Crippen LogP contribution in [0.5, 0.6) is 0 Å². The van der Waals surface area contributed by atoms with Crippen LogP contribution >= 0.6 is 0 Å². The van der Waals surface area contributed by atoms with Crippen molar-refractivity contribution in [3.63, 3.8) is 0 Å². The molecule has 1 rings (SSSR count). The summed E-state index contributed by atoms with van der Waals surface area (Å²) >= 11 is 0. The topological polar surface area (TPSA) is 63.3 Å². The van der Waals surface area contributed by atoms with Gasteiger partial charge in [-0.2, -0.15) is 0 Å². The number of carbonyl (C=O) groups is 1. The predicted molar refractivity (Wildman–Crippen MR) is 69.0 cm³/mol. The number of aliphatic carboxylic acids is 1. The standard InChI is InChI=1S/C14H21NO2/c1-14(2,3)8-10-4-6-11(7-5-10)12(9-15)13(16)17/h4-7,12H,8-9,15H2,1-3H3,(H,16,17). The Kier molecular flexibility index (Phi) is 4.29. The van der Waals surface area contributed by atoms with E-state index in [0.29, 0.717) is 0 Å². The van der Waals surface area contributed by atoms with Crippen LogP contribution in [-0.2, 0) is 11.2 Å². The summed E-state index contributed by atoms with van der Waals surface area (Å²) in [4.78, 5) is 11.0. The fourth-order valence-electron chi connectivity index (χ4n) is 1.86. The Hall–Kier alpha value is -1.35. The number of carboxylic acids is 1. The second-order valence-electron chi connectivity index (χ2n) is 5.61. The van der Waals surface area contributed by atoms with E-state index in [9.17, 15) is 4.79 Å². The smallest absolute Gasteiger partial charge is 0.312 e. The average molecular weight is 235 g/mol. The minimum absolute atomic E-state index is 0.133. The maximum absolute atomic E-state index is 11.0. The molecule has 0 radical (unpaired) electrons. The third kappa shape index (κ3) is 4.19. The highest BCUT2D eigenvalue weighted by Crippen LogP contribution is 2.22. The van der Waals surface area contributed by atoms with Crippen LogP contribution in [0.2, 0.25) is 0 Å². The Labute approximate surface area is 103 Å². The first-order chi connectivity index (χ1) is 7.83. The zero-order chi connectivity index (χ0) is 13.1. The van der Waals surface area contributed by atoms with Crippen molar-refractivity contribution in [2.75, 3.05) is 6.54 Å². The van der Waals surface area contributed by atoms with Gasteiger partial charge in [0.05, 0.1) is 5.92 Å². The fourth-order valence-corrected chi connectivity index (χ4v) is 1.86. The monoisotopic (exact) mass is 235 g/mol. The van der Waals surface area contributed by atoms with E-state index in [1.807, 2.05) is 24.3 Å². The number of hydrogen-bond donors (Lipinski definition) is 2. The highest BCUT2D eigenvalue weighted by molar-refractivity contribution is 5.76. The van der Waals surface area contributed by atoms with Crippen LogP contribution in [-0.4, -0.2) is 17.6 Å². The van der Waals surface area contributed by atoms with Gasteiger partial charge in [0.15, 0.2) is 0 Å². The Morgan fingerprint density at radius 1 is 1.29 bits per heavy atom. The molecule has 3 heteroatoms. The number of nitrogens with two attached hydrogens (primary N) is 1. The molecule has 0 saturated carbocycles. The van der Waals surface area contributed by atoms with Crippen molar-refractivity contribution in [3.8, 4) is 0 Å². The summed E-state index contributed by atoms with van der Waals surface area (Å²) in [6, 6.07) is 7.72. The molecule has 1 unspecified atom stereocenters. The molecule has 0 saturated heterocycles. The van der Waals surface area contributed by atoms with E-state index < -0.39 is 11.9 Å². The summed E-state index contributed by atoms with van der Waals surface area (Å²) in [5.74, 6) is -1.46. The summed E-state index contributed by atoms with van der Waals surface area (Å²) in [6.45, 7) is 6.68. The second-order valence-corrected chi connectivity index (χ2v) is 5.61. The summed E-state index contributed by atoms with van der Waals surface area (Å²) in [7, 11) is 0. The number of carboxylic acid groups (broad SMARTS) is 1. The summed E-state index contributed by atoms with van der Waals surface area (Å²) in [6.07, 6.45) is 0.980. The van der Waals surface area contributed by atoms with Crippen molar-refractivity contribution in [2.45, 2.75) is 33.1 Å². The SMILES string of the molecule is CC(C)(C)Cc1ccc(C(CN)C(=O)O)cc1. The van der Waals surface area contributed by atoms with Gasteiger partial charge in [-0.25, -0.2) is 0 Å². The lowest BCUT2D eigenvalue weighted by Gasteiger charge is -2.18. The molecule has 94 valence electrons. The van der Waals surface area contributed by atoms with Gasteiger partial charge in [0, 0.05) is 6.54 Å². The number of benzene rings is 1. The van der Waals surface area contributed by atoms with Gasteiger partial charge in [-0.1, -0.05) is 45.0 Å². The minimum Gasteiger partial charge on any atom is -0.481 e. The van der Waals surface area contributed by atoms with Gasteiger partial charge in [-0.05, 0) is 23.0 Å². The highest BCUT2D eigenvalue weighted by Gasteiger charge is 2.18. The number of hydrogen-bond acceptors (Lipinski definition) is 2. The van der Waals surface area contributed by atoms with Gasteiger partial charge in [-0.3, -0.25) is 4.79 Å². The molecule has 1 aromatic rings. The van der Waals surface area contributed by atoms with Crippen molar-refractivity contribution in [1.29, 1.82) is 0 Å². The Morgan fingerprint density at radius 2 is 1.82 bits per heavy atom. The molecule has 0 fully saturated rings. The summed E-state index contributed by atoms with van der Waals surface area (Å²) in [5.41, 5.74) is 7.70. The van der Waals surface area contributed by atoms with Crippen molar-refractivity contribution in [1.82, 2.24) is 0 Å². The lowest BCUT2D eigenvalue weighted by Crippen LogP contribution is -2.21. The van der Waals surface area contributed by atoms with Crippen LogP contribution in [0.15, 0.2) is 24.3 Å². The van der Waals surface area contributed by atoms with Gasteiger partial charge >= 0.3 is 5.97 Å². The van der Waals surface area contributed by atoms with Gasteiger partial charge in [-0.15, -0.1) is 0 Å². The van der Waals surface area contributed by atoms with Crippen molar-refractivity contribution >= 4 is 5.97 Å². The maximum Gasteiger partial charge on any atom is 0.312 e. The van der Waals surface area contributed by atoms with E-state index in [0.717, 1.165) is 12.0 Å². The minimum atomic E-state index is -0.865. The lowest BCUT2D eigenvalue weighted by molar-refractivity contribution is -0.138. The van der Waals surface area contributed by atoms with Crippen LogP contribution in [0.25, 0.3) is 0 Å². The summed E-state index contributed by atoms with van der Waals surface area (Å²) < 4.78 is 0. The van der Waals surface area contributed by atoms with Crippen LogP contribution in [0.3, 0.4) is 0 Å². The molecule has 0 spiro atoms. The Morgan fingerprint density at radius 3 is 2.18 bits per heavy atom. The van der Waals surface area contributed by atoms with E-state index in [-0.39, 0.29) is 12.0 Å². The fraction of sp³-hybridized carbons (Fsp3) is 0.500. The molecule has 1 aromatic carbocycles. The average Bonchev–Trinajstić information content (AvgIpc) is 2.18. The van der Waals surface area contributed by atoms with E-state index in [1.165, 1.54) is 5.56 Å².